The fraction of sp³-hybridized carbons (Fsp3) is 0.231. The lowest BCUT2D eigenvalue weighted by Gasteiger charge is -2.03. The molecule has 6 nitrogen and oxygen atoms in total. The van der Waals surface area contributed by atoms with Crippen molar-refractivity contribution in [1.82, 2.24) is 15.3 Å². The molecular formula is C13H15N3O3. The number of hydrogen-bond acceptors (Lipinski definition) is 4. The normalized spacial score (nSPS) is 10.2. The van der Waals surface area contributed by atoms with Crippen LogP contribution in [0, 0.1) is 0 Å². The molecule has 1 heterocycles. The van der Waals surface area contributed by atoms with Gasteiger partial charge in [0, 0.05) is 6.20 Å². The molecule has 0 saturated carbocycles. The zero-order valence-corrected chi connectivity index (χ0v) is 10.8. The number of ether oxygens (including phenoxy) is 1. The number of methoxy groups -OCH3 is 1. The Morgan fingerprint density at radius 3 is 2.68 bits per heavy atom. The van der Waals surface area contributed by atoms with E-state index in [1.807, 2.05) is 24.3 Å². The molecular weight excluding hydrogens is 246 g/mol. The summed E-state index contributed by atoms with van der Waals surface area (Å²) in [7, 11) is 1.61. The van der Waals surface area contributed by atoms with E-state index in [4.69, 9.17) is 9.57 Å². The van der Waals surface area contributed by atoms with Crippen LogP contribution in [0.2, 0.25) is 0 Å². The van der Waals surface area contributed by atoms with Gasteiger partial charge in [-0.2, -0.15) is 5.10 Å². The maximum absolute atomic E-state index is 11.6. The molecule has 0 fully saturated rings. The third-order valence-electron chi connectivity index (χ3n) is 2.47. The number of hydroxylamine groups is 1. The third kappa shape index (κ3) is 3.11. The van der Waals surface area contributed by atoms with E-state index in [0.29, 0.717) is 12.3 Å². The van der Waals surface area contributed by atoms with Crippen LogP contribution in [0.4, 0.5) is 0 Å². The Kier molecular flexibility index (Phi) is 4.15. The summed E-state index contributed by atoms with van der Waals surface area (Å²) in [5.74, 6) is 0.402. The number of nitrogens with one attached hydrogen (secondary N) is 1. The van der Waals surface area contributed by atoms with Crippen molar-refractivity contribution in [2.24, 2.45) is 0 Å². The number of aromatic nitrogens is 2. The van der Waals surface area contributed by atoms with E-state index in [0.717, 1.165) is 11.4 Å². The molecule has 19 heavy (non-hydrogen) atoms. The number of rotatable bonds is 5. The van der Waals surface area contributed by atoms with E-state index in [9.17, 15) is 4.79 Å². The fourth-order valence-electron chi connectivity index (χ4n) is 1.51. The number of amides is 1. The van der Waals surface area contributed by atoms with Crippen LogP contribution >= 0.6 is 0 Å². The van der Waals surface area contributed by atoms with Crippen LogP contribution in [0.25, 0.3) is 5.69 Å². The quantitative estimate of drug-likeness (QED) is 0.829. The van der Waals surface area contributed by atoms with Crippen molar-refractivity contribution in [2.45, 2.75) is 6.92 Å². The minimum Gasteiger partial charge on any atom is -0.497 e. The van der Waals surface area contributed by atoms with Gasteiger partial charge in [0.15, 0.2) is 5.69 Å². The molecule has 0 bridgehead atoms. The van der Waals surface area contributed by atoms with E-state index >= 15 is 0 Å². The Morgan fingerprint density at radius 2 is 2.05 bits per heavy atom. The van der Waals surface area contributed by atoms with Gasteiger partial charge in [-0.05, 0) is 37.3 Å². The van der Waals surface area contributed by atoms with Crippen LogP contribution in [-0.4, -0.2) is 29.4 Å². The summed E-state index contributed by atoms with van der Waals surface area (Å²) >= 11 is 0. The predicted molar refractivity (Wildman–Crippen MR) is 69.2 cm³/mol. The molecule has 1 aromatic carbocycles. The molecule has 0 unspecified atom stereocenters. The van der Waals surface area contributed by atoms with E-state index < -0.39 is 0 Å². The molecule has 0 aliphatic heterocycles. The van der Waals surface area contributed by atoms with Crippen molar-refractivity contribution < 1.29 is 14.4 Å². The second-order valence-corrected chi connectivity index (χ2v) is 3.71. The first-order chi connectivity index (χ1) is 9.24. The van der Waals surface area contributed by atoms with Gasteiger partial charge in [-0.3, -0.25) is 9.63 Å². The molecule has 1 amide bonds. The summed E-state index contributed by atoms with van der Waals surface area (Å²) in [5.41, 5.74) is 3.44. The molecule has 1 aromatic heterocycles. The number of benzene rings is 1. The van der Waals surface area contributed by atoms with Gasteiger partial charge in [0.05, 0.1) is 19.4 Å². The molecule has 0 atom stereocenters. The summed E-state index contributed by atoms with van der Waals surface area (Å²) < 4.78 is 6.69. The molecule has 0 aliphatic carbocycles. The summed E-state index contributed by atoms with van der Waals surface area (Å²) in [4.78, 5) is 16.4. The Bertz CT molecular complexity index is 549. The standard InChI is InChI=1S/C13H15N3O3/c1-3-19-15-13(17)12-8-9-16(14-12)10-4-6-11(18-2)7-5-10/h4-9H,3H2,1-2H3,(H,15,17). The minimum absolute atomic E-state index is 0.296. The van der Waals surface area contributed by atoms with Gasteiger partial charge in [0.25, 0.3) is 5.91 Å². The maximum atomic E-state index is 11.6. The van der Waals surface area contributed by atoms with Crippen molar-refractivity contribution in [2.75, 3.05) is 13.7 Å². The average molecular weight is 261 g/mol. The lowest BCUT2D eigenvalue weighted by atomic mass is 10.3. The monoisotopic (exact) mass is 261 g/mol. The van der Waals surface area contributed by atoms with E-state index in [2.05, 4.69) is 10.6 Å². The van der Waals surface area contributed by atoms with E-state index in [-0.39, 0.29) is 5.91 Å². The third-order valence-corrected chi connectivity index (χ3v) is 2.47. The second-order valence-electron chi connectivity index (χ2n) is 3.71. The first-order valence-corrected chi connectivity index (χ1v) is 5.87. The van der Waals surface area contributed by atoms with Crippen molar-refractivity contribution in [3.63, 3.8) is 0 Å². The highest BCUT2D eigenvalue weighted by molar-refractivity contribution is 5.91. The van der Waals surface area contributed by atoms with Crippen LogP contribution < -0.4 is 10.2 Å². The van der Waals surface area contributed by atoms with E-state index in [1.165, 1.54) is 0 Å². The zero-order chi connectivity index (χ0) is 13.7. The summed E-state index contributed by atoms with van der Waals surface area (Å²) in [5, 5.41) is 4.17. The molecule has 2 rings (SSSR count). The highest BCUT2D eigenvalue weighted by atomic mass is 16.6. The number of nitrogens with zero attached hydrogens (tertiary/aromatic N) is 2. The van der Waals surface area contributed by atoms with Gasteiger partial charge in [-0.15, -0.1) is 0 Å². The highest BCUT2D eigenvalue weighted by Gasteiger charge is 2.09. The van der Waals surface area contributed by atoms with Crippen molar-refractivity contribution >= 4 is 5.91 Å². The van der Waals surface area contributed by atoms with Gasteiger partial charge < -0.3 is 4.74 Å². The summed E-state index contributed by atoms with van der Waals surface area (Å²) in [6.45, 7) is 2.20. The lowest BCUT2D eigenvalue weighted by molar-refractivity contribution is 0.0359. The Labute approximate surface area is 110 Å². The molecule has 1 N–H and O–H groups in total. The van der Waals surface area contributed by atoms with Crippen LogP contribution in [0.5, 0.6) is 5.75 Å². The van der Waals surface area contributed by atoms with E-state index in [1.54, 1.807) is 31.0 Å². The largest absolute Gasteiger partial charge is 0.497 e. The highest BCUT2D eigenvalue weighted by Crippen LogP contribution is 2.14. The number of carbonyl (C=O) groups excluding carboxylic acids is 1. The van der Waals surface area contributed by atoms with Gasteiger partial charge in [0.1, 0.15) is 5.75 Å². The summed E-state index contributed by atoms with van der Waals surface area (Å²) in [6.07, 6.45) is 1.71. The van der Waals surface area contributed by atoms with Gasteiger partial charge in [-0.25, -0.2) is 10.2 Å². The second kappa shape index (κ2) is 6.01. The molecule has 6 heteroatoms. The summed E-state index contributed by atoms with van der Waals surface area (Å²) in [6, 6.07) is 9.00. The number of hydrogen-bond donors (Lipinski definition) is 1. The smallest absolute Gasteiger partial charge is 0.295 e. The predicted octanol–water partition coefficient (Wildman–Crippen LogP) is 1.56. The molecule has 0 saturated heterocycles. The van der Waals surface area contributed by atoms with Crippen LogP contribution in [0.15, 0.2) is 36.5 Å². The Morgan fingerprint density at radius 1 is 1.32 bits per heavy atom. The topological polar surface area (TPSA) is 65.4 Å². The minimum atomic E-state index is -0.367. The SMILES string of the molecule is CCONC(=O)c1ccn(-c2ccc(OC)cc2)n1. The van der Waals surface area contributed by atoms with Crippen molar-refractivity contribution in [3.8, 4) is 11.4 Å². The molecule has 0 aliphatic rings. The average Bonchev–Trinajstić information content (AvgIpc) is 2.94. The van der Waals surface area contributed by atoms with Gasteiger partial charge in [0.2, 0.25) is 0 Å². The van der Waals surface area contributed by atoms with Crippen LogP contribution in [0.3, 0.4) is 0 Å². The van der Waals surface area contributed by atoms with Crippen LogP contribution in [0.1, 0.15) is 17.4 Å². The molecule has 100 valence electrons. The lowest BCUT2D eigenvalue weighted by Crippen LogP contribution is -2.24. The molecule has 0 spiro atoms. The Hall–Kier alpha value is -2.34. The first kappa shape index (κ1) is 13.1. The fourth-order valence-corrected chi connectivity index (χ4v) is 1.51. The maximum Gasteiger partial charge on any atom is 0.295 e. The first-order valence-electron chi connectivity index (χ1n) is 5.87. The van der Waals surface area contributed by atoms with Gasteiger partial charge >= 0.3 is 0 Å². The van der Waals surface area contributed by atoms with Crippen LogP contribution in [-0.2, 0) is 4.84 Å². The molecule has 2 aromatic rings. The van der Waals surface area contributed by atoms with Crippen molar-refractivity contribution in [3.05, 3.63) is 42.2 Å². The Balaban J connectivity index is 2.13. The van der Waals surface area contributed by atoms with Gasteiger partial charge in [-0.1, -0.05) is 0 Å². The molecule has 0 radical (unpaired) electrons. The van der Waals surface area contributed by atoms with Crippen molar-refractivity contribution in [1.29, 1.82) is 0 Å². The number of carbonyl (C=O) groups is 1. The zero-order valence-electron chi connectivity index (χ0n) is 10.8.